The Labute approximate surface area is 205 Å². The molecule has 1 saturated heterocycles. The van der Waals surface area contributed by atoms with Crippen LogP contribution in [0, 0.1) is 0 Å². The van der Waals surface area contributed by atoms with Crippen molar-refractivity contribution in [3.63, 3.8) is 0 Å². The van der Waals surface area contributed by atoms with Crippen LogP contribution in [0.2, 0.25) is 20.1 Å². The largest absolute Gasteiger partial charge is 0.361 e. The molecule has 1 aliphatic rings. The molecule has 3 aromatic carbocycles. The smallest absolute Gasteiger partial charge is 0.0989 e. The highest BCUT2D eigenvalue weighted by atomic mass is 35.5. The van der Waals surface area contributed by atoms with Gasteiger partial charge in [0.05, 0.1) is 33.5 Å². The Hall–Kier alpha value is -1.27. The molecule has 162 valence electrons. The second-order valence-electron chi connectivity index (χ2n) is 7.34. The molecule has 0 aromatic heterocycles. The minimum absolute atomic E-state index is 0.0288. The lowest BCUT2D eigenvalue weighted by atomic mass is 10.0. The molecule has 0 amide bonds. The summed E-state index contributed by atoms with van der Waals surface area (Å²) < 4.78 is 15.2. The number of piperazine rings is 1. The lowest BCUT2D eigenvalue weighted by molar-refractivity contribution is 0.352. The van der Waals surface area contributed by atoms with E-state index in [0.29, 0.717) is 45.5 Å². The molecule has 1 aliphatic heterocycles. The summed E-state index contributed by atoms with van der Waals surface area (Å²) in [6.45, 7) is 1.94. The molecule has 1 heterocycles. The topological polar surface area (TPSA) is 23.6 Å². The van der Waals surface area contributed by atoms with Gasteiger partial charge in [-0.05, 0) is 53.6 Å². The maximum absolute atomic E-state index is 13.2. The minimum atomic E-state index is -1.16. The summed E-state index contributed by atoms with van der Waals surface area (Å²) in [5.74, 6) is 0.451. The molecular weight excluding hydrogens is 494 g/mol. The van der Waals surface area contributed by atoms with Gasteiger partial charge in [0.25, 0.3) is 0 Å². The molecule has 3 nitrogen and oxygen atoms in total. The number of rotatable bonds is 5. The molecule has 4 rings (SSSR count). The van der Waals surface area contributed by atoms with Crippen LogP contribution in [0.25, 0.3) is 0 Å². The third kappa shape index (κ3) is 5.57. The SMILES string of the molecule is O=S(Cc1ccc(Cl)cc1)N1CCN(c2ccc(Cl)cc2Cl)C(c2ccc(Cl)cc2)C1. The average molecular weight is 514 g/mol. The van der Waals surface area contributed by atoms with Gasteiger partial charge in [0.1, 0.15) is 0 Å². The van der Waals surface area contributed by atoms with Crippen molar-refractivity contribution in [3.8, 4) is 0 Å². The first-order chi connectivity index (χ1) is 14.9. The number of halogens is 4. The molecule has 0 spiro atoms. The zero-order valence-corrected chi connectivity index (χ0v) is 20.3. The van der Waals surface area contributed by atoms with Crippen LogP contribution in [0.15, 0.2) is 66.7 Å². The quantitative estimate of drug-likeness (QED) is 0.365. The van der Waals surface area contributed by atoms with Crippen LogP contribution in [0.1, 0.15) is 17.2 Å². The van der Waals surface area contributed by atoms with Gasteiger partial charge in [-0.2, -0.15) is 0 Å². The molecular formula is C23H20Cl4N2OS. The van der Waals surface area contributed by atoms with Gasteiger partial charge >= 0.3 is 0 Å². The number of nitrogens with zero attached hydrogens (tertiary/aromatic N) is 2. The van der Waals surface area contributed by atoms with E-state index in [0.717, 1.165) is 16.8 Å². The van der Waals surface area contributed by atoms with E-state index in [4.69, 9.17) is 46.4 Å². The van der Waals surface area contributed by atoms with Gasteiger partial charge in [0, 0.05) is 34.7 Å². The van der Waals surface area contributed by atoms with E-state index < -0.39 is 11.0 Å². The van der Waals surface area contributed by atoms with Crippen molar-refractivity contribution in [3.05, 3.63) is 97.9 Å². The van der Waals surface area contributed by atoms with E-state index in [1.807, 2.05) is 65.0 Å². The van der Waals surface area contributed by atoms with Gasteiger partial charge in [0.15, 0.2) is 0 Å². The zero-order chi connectivity index (χ0) is 22.0. The van der Waals surface area contributed by atoms with Gasteiger partial charge < -0.3 is 4.90 Å². The van der Waals surface area contributed by atoms with Crippen molar-refractivity contribution in [2.24, 2.45) is 0 Å². The van der Waals surface area contributed by atoms with Crippen molar-refractivity contribution in [1.29, 1.82) is 0 Å². The summed E-state index contributed by atoms with van der Waals surface area (Å²) >= 11 is 24.7. The zero-order valence-electron chi connectivity index (χ0n) is 16.5. The standard InChI is InChI=1S/C23H20Cl4N2OS/c24-18-5-1-16(2-6-18)15-31(30)28-11-12-29(22-10-9-20(26)13-21(22)27)23(14-28)17-3-7-19(25)8-4-17/h1-10,13,23H,11-12,14-15H2. The Kier molecular flexibility index (Phi) is 7.48. The van der Waals surface area contributed by atoms with Crippen LogP contribution in [0.3, 0.4) is 0 Å². The van der Waals surface area contributed by atoms with Crippen LogP contribution >= 0.6 is 46.4 Å². The Morgan fingerprint density at radius 1 is 0.806 bits per heavy atom. The molecule has 1 fully saturated rings. The van der Waals surface area contributed by atoms with Crippen LogP contribution in [0.4, 0.5) is 5.69 Å². The Bertz CT molecular complexity index is 1080. The predicted octanol–water partition coefficient (Wildman–Crippen LogP) is 7.03. The van der Waals surface area contributed by atoms with Crippen molar-refractivity contribution >= 4 is 63.1 Å². The minimum Gasteiger partial charge on any atom is -0.361 e. The molecule has 0 saturated carbocycles. The molecule has 31 heavy (non-hydrogen) atoms. The van der Waals surface area contributed by atoms with Crippen LogP contribution in [-0.4, -0.2) is 28.1 Å². The molecule has 3 aromatic rings. The summed E-state index contributed by atoms with van der Waals surface area (Å²) in [6, 6.07) is 20.8. The van der Waals surface area contributed by atoms with Crippen LogP contribution in [-0.2, 0) is 16.7 Å². The lowest BCUT2D eigenvalue weighted by Crippen LogP contribution is -2.49. The van der Waals surface area contributed by atoms with Gasteiger partial charge in [-0.15, -0.1) is 0 Å². The van der Waals surface area contributed by atoms with E-state index in [1.165, 1.54) is 0 Å². The van der Waals surface area contributed by atoms with Gasteiger partial charge in [0.2, 0.25) is 0 Å². The number of hydrogen-bond donors (Lipinski definition) is 0. The molecule has 0 bridgehead atoms. The van der Waals surface area contributed by atoms with E-state index >= 15 is 0 Å². The number of hydrogen-bond acceptors (Lipinski definition) is 2. The highest BCUT2D eigenvalue weighted by Gasteiger charge is 2.32. The van der Waals surface area contributed by atoms with Gasteiger partial charge in [-0.25, -0.2) is 8.51 Å². The fourth-order valence-electron chi connectivity index (χ4n) is 3.73. The summed E-state index contributed by atoms with van der Waals surface area (Å²) in [7, 11) is -1.16. The lowest BCUT2D eigenvalue weighted by Gasteiger charge is -2.42. The summed E-state index contributed by atoms with van der Waals surface area (Å²) in [5.41, 5.74) is 2.99. The normalized spacial score (nSPS) is 18.2. The van der Waals surface area contributed by atoms with Crippen LogP contribution < -0.4 is 4.90 Å². The highest BCUT2D eigenvalue weighted by Crippen LogP contribution is 2.37. The summed E-state index contributed by atoms with van der Waals surface area (Å²) in [6.07, 6.45) is 0. The Morgan fingerprint density at radius 2 is 1.42 bits per heavy atom. The molecule has 8 heteroatoms. The summed E-state index contributed by atoms with van der Waals surface area (Å²) in [4.78, 5) is 2.25. The maximum atomic E-state index is 13.2. The first kappa shape index (κ1) is 22.9. The average Bonchev–Trinajstić information content (AvgIpc) is 2.76. The molecule has 2 atom stereocenters. The first-order valence-corrected chi connectivity index (χ1v) is 12.5. The molecule has 2 unspecified atom stereocenters. The van der Waals surface area contributed by atoms with E-state index in [9.17, 15) is 4.21 Å². The van der Waals surface area contributed by atoms with Crippen molar-refractivity contribution < 1.29 is 4.21 Å². The van der Waals surface area contributed by atoms with Crippen molar-refractivity contribution in [2.45, 2.75) is 11.8 Å². The van der Waals surface area contributed by atoms with Crippen molar-refractivity contribution in [1.82, 2.24) is 4.31 Å². The summed E-state index contributed by atoms with van der Waals surface area (Å²) in [5, 5.41) is 2.55. The highest BCUT2D eigenvalue weighted by molar-refractivity contribution is 7.81. The maximum Gasteiger partial charge on any atom is 0.0989 e. The molecule has 0 aliphatic carbocycles. The monoisotopic (exact) mass is 512 g/mol. The number of anilines is 1. The van der Waals surface area contributed by atoms with Gasteiger partial charge in [-0.3, -0.25) is 0 Å². The third-order valence-electron chi connectivity index (χ3n) is 5.31. The van der Waals surface area contributed by atoms with Crippen molar-refractivity contribution in [2.75, 3.05) is 24.5 Å². The van der Waals surface area contributed by atoms with Gasteiger partial charge in [-0.1, -0.05) is 70.7 Å². The number of benzene rings is 3. The van der Waals surface area contributed by atoms with E-state index in [-0.39, 0.29) is 6.04 Å². The molecule has 0 radical (unpaired) electrons. The van der Waals surface area contributed by atoms with E-state index in [1.54, 1.807) is 6.07 Å². The fourth-order valence-corrected chi connectivity index (χ4v) is 5.75. The third-order valence-corrected chi connectivity index (χ3v) is 7.84. The first-order valence-electron chi connectivity index (χ1n) is 9.76. The Balaban J connectivity index is 1.59. The molecule has 0 N–H and O–H groups in total. The van der Waals surface area contributed by atoms with Crippen LogP contribution in [0.5, 0.6) is 0 Å². The van der Waals surface area contributed by atoms with E-state index in [2.05, 4.69) is 4.90 Å². The Morgan fingerprint density at radius 3 is 2.06 bits per heavy atom. The second-order valence-corrected chi connectivity index (χ2v) is 10.5. The second kappa shape index (κ2) is 10.1. The fraction of sp³-hybridized carbons (Fsp3) is 0.217. The predicted molar refractivity (Wildman–Crippen MR) is 133 cm³/mol.